The molecule has 0 aliphatic carbocycles. The van der Waals surface area contributed by atoms with Gasteiger partial charge in [-0.1, -0.05) is 5.16 Å². The molecule has 3 aromatic heterocycles. The molecule has 0 amide bonds. The van der Waals surface area contributed by atoms with Gasteiger partial charge in [0.15, 0.2) is 5.76 Å². The van der Waals surface area contributed by atoms with Crippen LogP contribution in [0.25, 0.3) is 11.6 Å². The first-order chi connectivity index (χ1) is 9.15. The van der Waals surface area contributed by atoms with Crippen molar-refractivity contribution >= 4 is 0 Å². The van der Waals surface area contributed by atoms with Gasteiger partial charge in [-0.05, 0) is 26.0 Å². The summed E-state index contributed by atoms with van der Waals surface area (Å²) in [6.07, 6.45) is 1.53. The Morgan fingerprint density at radius 1 is 1.37 bits per heavy atom. The Hall–Kier alpha value is -2.57. The monoisotopic (exact) mass is 261 g/mol. The highest BCUT2D eigenvalue weighted by atomic mass is 16.5. The van der Waals surface area contributed by atoms with Crippen LogP contribution in [0, 0.1) is 13.8 Å². The smallest absolute Gasteiger partial charge is 0.419 e. The zero-order valence-corrected chi connectivity index (χ0v) is 10.4. The molecule has 3 aromatic rings. The van der Waals surface area contributed by atoms with Crippen molar-refractivity contribution in [3.63, 3.8) is 0 Å². The minimum Gasteiger partial charge on any atom is -0.461 e. The van der Waals surface area contributed by atoms with E-state index in [-0.39, 0.29) is 6.54 Å². The van der Waals surface area contributed by atoms with E-state index in [1.54, 1.807) is 26.0 Å². The topological polar surface area (TPSA) is 87.2 Å². The Labute approximate surface area is 107 Å². The summed E-state index contributed by atoms with van der Waals surface area (Å²) in [4.78, 5) is 15.8. The molecular formula is C12H11N3O4. The van der Waals surface area contributed by atoms with Crippen molar-refractivity contribution < 1.29 is 13.4 Å². The first kappa shape index (κ1) is 11.5. The maximum absolute atomic E-state index is 11.6. The van der Waals surface area contributed by atoms with E-state index in [4.69, 9.17) is 13.4 Å². The molecule has 7 nitrogen and oxygen atoms in total. The van der Waals surface area contributed by atoms with Gasteiger partial charge < -0.3 is 13.4 Å². The number of hydrogen-bond donors (Lipinski definition) is 0. The van der Waals surface area contributed by atoms with Crippen LogP contribution in [0.2, 0.25) is 0 Å². The Bertz CT molecular complexity index is 748. The average Bonchev–Trinajstić information content (AvgIpc) is 3.08. The van der Waals surface area contributed by atoms with Crippen molar-refractivity contribution in [1.29, 1.82) is 0 Å². The summed E-state index contributed by atoms with van der Waals surface area (Å²) in [5, 5.41) is 3.80. The zero-order chi connectivity index (χ0) is 13.4. The number of oxazole rings is 1. The molecule has 0 unspecified atom stereocenters. The third kappa shape index (κ3) is 1.99. The lowest BCUT2D eigenvalue weighted by Gasteiger charge is -1.97. The molecule has 7 heteroatoms. The number of aryl methyl sites for hydroxylation is 1. The summed E-state index contributed by atoms with van der Waals surface area (Å²) in [6, 6.07) is 3.47. The van der Waals surface area contributed by atoms with E-state index in [0.717, 1.165) is 5.69 Å². The van der Waals surface area contributed by atoms with Gasteiger partial charge in [-0.25, -0.2) is 4.79 Å². The van der Waals surface area contributed by atoms with Crippen molar-refractivity contribution in [2.45, 2.75) is 20.4 Å². The Morgan fingerprint density at radius 2 is 2.21 bits per heavy atom. The molecule has 3 heterocycles. The molecule has 0 aliphatic heterocycles. The average molecular weight is 261 g/mol. The molecule has 0 saturated carbocycles. The first-order valence-electron chi connectivity index (χ1n) is 5.68. The largest absolute Gasteiger partial charge is 0.461 e. The molecule has 0 radical (unpaired) electrons. The standard InChI is InChI=1S/C12H11N3O4/c1-7-8(2)18-12(16)15(7)6-10-13-11(14-19-10)9-4-3-5-17-9/h3-5H,6H2,1-2H3. The number of nitrogens with zero attached hydrogens (tertiary/aromatic N) is 3. The van der Waals surface area contributed by atoms with E-state index >= 15 is 0 Å². The van der Waals surface area contributed by atoms with Crippen molar-refractivity contribution in [3.8, 4) is 11.6 Å². The third-order valence-corrected chi connectivity index (χ3v) is 2.88. The SMILES string of the molecule is Cc1oc(=O)n(Cc2nc(-c3ccco3)no2)c1C. The minimum atomic E-state index is -0.437. The fourth-order valence-corrected chi connectivity index (χ4v) is 1.73. The zero-order valence-electron chi connectivity index (χ0n) is 10.4. The van der Waals surface area contributed by atoms with Crippen LogP contribution in [0.5, 0.6) is 0 Å². The second-order valence-corrected chi connectivity index (χ2v) is 4.08. The molecule has 0 bridgehead atoms. The van der Waals surface area contributed by atoms with Gasteiger partial charge in [-0.2, -0.15) is 4.98 Å². The van der Waals surface area contributed by atoms with Crippen LogP contribution >= 0.6 is 0 Å². The van der Waals surface area contributed by atoms with Crippen molar-refractivity contribution in [1.82, 2.24) is 14.7 Å². The van der Waals surface area contributed by atoms with Gasteiger partial charge in [0.1, 0.15) is 12.3 Å². The summed E-state index contributed by atoms with van der Waals surface area (Å²) in [6.45, 7) is 3.70. The molecule has 3 rings (SSSR count). The quantitative estimate of drug-likeness (QED) is 0.713. The Morgan fingerprint density at radius 3 is 2.84 bits per heavy atom. The number of aromatic nitrogens is 3. The molecular weight excluding hydrogens is 250 g/mol. The number of hydrogen-bond acceptors (Lipinski definition) is 6. The predicted molar refractivity (Wildman–Crippen MR) is 63.5 cm³/mol. The van der Waals surface area contributed by atoms with Crippen molar-refractivity contribution in [3.05, 3.63) is 46.3 Å². The summed E-state index contributed by atoms with van der Waals surface area (Å²) in [7, 11) is 0. The van der Waals surface area contributed by atoms with E-state index in [9.17, 15) is 4.79 Å². The number of furan rings is 1. The van der Waals surface area contributed by atoms with Crippen LogP contribution in [0.1, 0.15) is 17.3 Å². The molecule has 0 saturated heterocycles. The van der Waals surface area contributed by atoms with Gasteiger partial charge in [0.25, 0.3) is 0 Å². The van der Waals surface area contributed by atoms with Gasteiger partial charge >= 0.3 is 5.76 Å². The second kappa shape index (κ2) is 4.27. The Kier molecular flexibility index (Phi) is 2.59. The predicted octanol–water partition coefficient (Wildman–Crippen LogP) is 1.75. The van der Waals surface area contributed by atoms with Crippen LogP contribution in [0.3, 0.4) is 0 Å². The van der Waals surface area contributed by atoms with Crippen molar-refractivity contribution in [2.75, 3.05) is 0 Å². The summed E-state index contributed by atoms with van der Waals surface area (Å²) in [5.41, 5.74) is 0.739. The number of rotatable bonds is 3. The first-order valence-corrected chi connectivity index (χ1v) is 5.68. The third-order valence-electron chi connectivity index (χ3n) is 2.88. The molecule has 0 aromatic carbocycles. The Balaban J connectivity index is 1.90. The van der Waals surface area contributed by atoms with Crippen LogP contribution in [-0.4, -0.2) is 14.7 Å². The van der Waals surface area contributed by atoms with E-state index in [1.165, 1.54) is 10.8 Å². The molecule has 19 heavy (non-hydrogen) atoms. The van der Waals surface area contributed by atoms with E-state index < -0.39 is 5.76 Å². The lowest BCUT2D eigenvalue weighted by atomic mass is 10.4. The molecule has 0 atom stereocenters. The summed E-state index contributed by atoms with van der Waals surface area (Å²) >= 11 is 0. The maximum atomic E-state index is 11.6. The fourth-order valence-electron chi connectivity index (χ4n) is 1.73. The molecule has 98 valence electrons. The van der Waals surface area contributed by atoms with Gasteiger partial charge in [0, 0.05) is 0 Å². The van der Waals surface area contributed by atoms with E-state index in [2.05, 4.69) is 10.1 Å². The maximum Gasteiger partial charge on any atom is 0.419 e. The van der Waals surface area contributed by atoms with E-state index in [0.29, 0.717) is 23.2 Å². The van der Waals surface area contributed by atoms with Gasteiger partial charge in [-0.15, -0.1) is 0 Å². The fraction of sp³-hybridized carbons (Fsp3) is 0.250. The van der Waals surface area contributed by atoms with Crippen LogP contribution in [0.4, 0.5) is 0 Å². The highest BCUT2D eigenvalue weighted by molar-refractivity contribution is 5.44. The molecule has 0 spiro atoms. The highest BCUT2D eigenvalue weighted by Gasteiger charge is 2.15. The van der Waals surface area contributed by atoms with E-state index in [1.807, 2.05) is 0 Å². The van der Waals surface area contributed by atoms with Gasteiger partial charge in [0.2, 0.25) is 11.7 Å². The normalized spacial score (nSPS) is 11.1. The summed E-state index contributed by atoms with van der Waals surface area (Å²) in [5.74, 6) is 1.33. The van der Waals surface area contributed by atoms with Gasteiger partial charge in [0.05, 0.1) is 12.0 Å². The van der Waals surface area contributed by atoms with Gasteiger partial charge in [-0.3, -0.25) is 4.57 Å². The molecule has 0 N–H and O–H groups in total. The van der Waals surface area contributed by atoms with Crippen LogP contribution in [0.15, 0.2) is 36.5 Å². The highest BCUT2D eigenvalue weighted by Crippen LogP contribution is 2.16. The lowest BCUT2D eigenvalue weighted by Crippen LogP contribution is -2.16. The minimum absolute atomic E-state index is 0.176. The summed E-state index contributed by atoms with van der Waals surface area (Å²) < 4.78 is 16.7. The van der Waals surface area contributed by atoms with Crippen LogP contribution in [-0.2, 0) is 6.54 Å². The molecule has 0 fully saturated rings. The van der Waals surface area contributed by atoms with Crippen LogP contribution < -0.4 is 5.76 Å². The van der Waals surface area contributed by atoms with Crippen molar-refractivity contribution in [2.24, 2.45) is 0 Å². The second-order valence-electron chi connectivity index (χ2n) is 4.08. The lowest BCUT2D eigenvalue weighted by molar-refractivity contribution is 0.363. The molecule has 0 aliphatic rings.